The summed E-state index contributed by atoms with van der Waals surface area (Å²) in [5, 5.41) is 9.48. The van der Waals surface area contributed by atoms with Crippen LogP contribution in [0.3, 0.4) is 0 Å². The predicted molar refractivity (Wildman–Crippen MR) is 46.3 cm³/mol. The van der Waals surface area contributed by atoms with Gasteiger partial charge in [0.2, 0.25) is 0 Å². The van der Waals surface area contributed by atoms with Crippen molar-refractivity contribution in [1.29, 1.82) is 0 Å². The molecule has 1 aromatic carbocycles. The Balaban J connectivity index is 3.35. The summed E-state index contributed by atoms with van der Waals surface area (Å²) in [4.78, 5) is 0. The maximum absolute atomic E-state index is 13.2. The van der Waals surface area contributed by atoms with Crippen molar-refractivity contribution >= 4 is 0 Å². The molecule has 3 heteroatoms. The molecule has 0 spiro atoms. The third-order valence-corrected chi connectivity index (χ3v) is 1.93. The van der Waals surface area contributed by atoms with Crippen LogP contribution in [0.2, 0.25) is 0 Å². The van der Waals surface area contributed by atoms with Crippen molar-refractivity contribution in [1.82, 2.24) is 0 Å². The van der Waals surface area contributed by atoms with Gasteiger partial charge in [0.05, 0.1) is 5.60 Å². The van der Waals surface area contributed by atoms with Crippen LogP contribution in [-0.4, -0.2) is 5.11 Å². The van der Waals surface area contributed by atoms with E-state index in [0.29, 0.717) is 0 Å². The second-order valence-corrected chi connectivity index (χ2v) is 3.62. The molecular formula is C10H12F2O. The number of aryl methyl sites for hydroxylation is 1. The van der Waals surface area contributed by atoms with E-state index >= 15 is 0 Å². The van der Waals surface area contributed by atoms with Gasteiger partial charge >= 0.3 is 0 Å². The minimum absolute atomic E-state index is 0.0180. The monoisotopic (exact) mass is 186 g/mol. The van der Waals surface area contributed by atoms with Gasteiger partial charge in [-0.15, -0.1) is 0 Å². The highest BCUT2D eigenvalue weighted by Crippen LogP contribution is 2.25. The number of halogens is 2. The summed E-state index contributed by atoms with van der Waals surface area (Å²) >= 11 is 0. The SMILES string of the molecule is Cc1ccc(C(C)(C)O)c(F)c1F. The first kappa shape index (κ1) is 10.1. The third kappa shape index (κ3) is 1.86. The highest BCUT2D eigenvalue weighted by atomic mass is 19.2. The molecule has 0 aliphatic carbocycles. The molecule has 0 aliphatic rings. The Labute approximate surface area is 76.0 Å². The standard InChI is InChI=1S/C10H12F2O/c1-6-4-5-7(10(2,3)13)9(12)8(6)11/h4-5,13H,1-3H3. The van der Waals surface area contributed by atoms with E-state index < -0.39 is 17.2 Å². The summed E-state index contributed by atoms with van der Waals surface area (Å²) in [5.41, 5.74) is -1.13. The molecule has 0 saturated carbocycles. The predicted octanol–water partition coefficient (Wildman–Crippen LogP) is 2.50. The van der Waals surface area contributed by atoms with Gasteiger partial charge in [0, 0.05) is 5.56 Å². The topological polar surface area (TPSA) is 20.2 Å². The fourth-order valence-corrected chi connectivity index (χ4v) is 1.12. The van der Waals surface area contributed by atoms with Gasteiger partial charge in [-0.3, -0.25) is 0 Å². The molecule has 0 aromatic heterocycles. The second-order valence-electron chi connectivity index (χ2n) is 3.62. The van der Waals surface area contributed by atoms with Crippen LogP contribution in [-0.2, 0) is 5.60 Å². The maximum Gasteiger partial charge on any atom is 0.165 e. The van der Waals surface area contributed by atoms with Crippen LogP contribution in [0, 0.1) is 18.6 Å². The van der Waals surface area contributed by atoms with Crippen LogP contribution in [0.15, 0.2) is 12.1 Å². The average molecular weight is 186 g/mol. The van der Waals surface area contributed by atoms with E-state index in [4.69, 9.17) is 0 Å². The second kappa shape index (κ2) is 3.07. The quantitative estimate of drug-likeness (QED) is 0.714. The van der Waals surface area contributed by atoms with E-state index in [-0.39, 0.29) is 11.1 Å². The van der Waals surface area contributed by atoms with Crippen molar-refractivity contribution in [2.45, 2.75) is 26.4 Å². The molecule has 0 amide bonds. The van der Waals surface area contributed by atoms with E-state index in [9.17, 15) is 13.9 Å². The van der Waals surface area contributed by atoms with Gasteiger partial charge in [-0.1, -0.05) is 12.1 Å². The zero-order chi connectivity index (χ0) is 10.2. The van der Waals surface area contributed by atoms with Crippen molar-refractivity contribution < 1.29 is 13.9 Å². The highest BCUT2D eigenvalue weighted by molar-refractivity contribution is 5.28. The van der Waals surface area contributed by atoms with Gasteiger partial charge in [0.15, 0.2) is 11.6 Å². The Morgan fingerprint density at radius 1 is 1.15 bits per heavy atom. The Morgan fingerprint density at radius 3 is 2.15 bits per heavy atom. The minimum Gasteiger partial charge on any atom is -0.386 e. The van der Waals surface area contributed by atoms with Crippen LogP contribution in [0.5, 0.6) is 0 Å². The van der Waals surface area contributed by atoms with E-state index in [2.05, 4.69) is 0 Å². The van der Waals surface area contributed by atoms with Crippen LogP contribution in [0.4, 0.5) is 8.78 Å². The summed E-state index contributed by atoms with van der Waals surface area (Å²) in [6, 6.07) is 2.85. The molecule has 0 saturated heterocycles. The Kier molecular flexibility index (Phi) is 2.39. The smallest absolute Gasteiger partial charge is 0.165 e. The molecule has 0 aliphatic heterocycles. The number of aliphatic hydroxyl groups is 1. The minimum atomic E-state index is -1.35. The molecule has 0 fully saturated rings. The van der Waals surface area contributed by atoms with Gasteiger partial charge in [-0.05, 0) is 26.3 Å². The first-order chi connectivity index (χ1) is 5.84. The van der Waals surface area contributed by atoms with Crippen LogP contribution in [0.25, 0.3) is 0 Å². The van der Waals surface area contributed by atoms with Crippen LogP contribution in [0.1, 0.15) is 25.0 Å². The van der Waals surface area contributed by atoms with Crippen molar-refractivity contribution in [3.05, 3.63) is 34.9 Å². The first-order valence-corrected chi connectivity index (χ1v) is 4.01. The number of rotatable bonds is 1. The van der Waals surface area contributed by atoms with Crippen molar-refractivity contribution in [2.24, 2.45) is 0 Å². The normalized spacial score (nSPS) is 11.8. The van der Waals surface area contributed by atoms with Crippen LogP contribution >= 0.6 is 0 Å². The summed E-state index contributed by atoms with van der Waals surface area (Å²) < 4.78 is 26.3. The number of benzene rings is 1. The van der Waals surface area contributed by atoms with E-state index in [1.807, 2.05) is 0 Å². The van der Waals surface area contributed by atoms with Gasteiger partial charge in [-0.2, -0.15) is 0 Å². The van der Waals surface area contributed by atoms with Gasteiger partial charge in [0.1, 0.15) is 0 Å². The molecule has 0 radical (unpaired) electrons. The van der Waals surface area contributed by atoms with Gasteiger partial charge in [0.25, 0.3) is 0 Å². The lowest BCUT2D eigenvalue weighted by molar-refractivity contribution is 0.0736. The fourth-order valence-electron chi connectivity index (χ4n) is 1.12. The molecule has 1 aromatic rings. The average Bonchev–Trinajstić information content (AvgIpc) is 1.98. The molecule has 1 nitrogen and oxygen atoms in total. The zero-order valence-electron chi connectivity index (χ0n) is 7.86. The molecule has 1 N–H and O–H groups in total. The van der Waals surface area contributed by atoms with E-state index in [1.54, 1.807) is 0 Å². The van der Waals surface area contributed by atoms with E-state index in [0.717, 1.165) is 0 Å². The molecule has 13 heavy (non-hydrogen) atoms. The summed E-state index contributed by atoms with van der Waals surface area (Å²) in [7, 11) is 0. The third-order valence-electron chi connectivity index (χ3n) is 1.93. The maximum atomic E-state index is 13.2. The van der Waals surface area contributed by atoms with Crippen molar-refractivity contribution in [3.8, 4) is 0 Å². The van der Waals surface area contributed by atoms with Crippen LogP contribution < -0.4 is 0 Å². The molecule has 0 unspecified atom stereocenters. The summed E-state index contributed by atoms with van der Waals surface area (Å²) in [5.74, 6) is -1.85. The molecule has 0 atom stereocenters. The Hall–Kier alpha value is -0.960. The van der Waals surface area contributed by atoms with Gasteiger partial charge < -0.3 is 5.11 Å². The zero-order valence-corrected chi connectivity index (χ0v) is 7.86. The molecule has 0 bridgehead atoms. The number of hydrogen-bond acceptors (Lipinski definition) is 1. The highest BCUT2D eigenvalue weighted by Gasteiger charge is 2.23. The lowest BCUT2D eigenvalue weighted by atomic mass is 9.96. The summed E-state index contributed by atoms with van der Waals surface area (Å²) in [6.45, 7) is 4.31. The molecule has 0 heterocycles. The fraction of sp³-hybridized carbons (Fsp3) is 0.400. The lowest BCUT2D eigenvalue weighted by Gasteiger charge is -2.19. The van der Waals surface area contributed by atoms with Crippen molar-refractivity contribution in [2.75, 3.05) is 0 Å². The van der Waals surface area contributed by atoms with E-state index in [1.165, 1.54) is 32.9 Å². The molecular weight excluding hydrogens is 174 g/mol. The first-order valence-electron chi connectivity index (χ1n) is 4.01. The molecule has 72 valence electrons. The Bertz CT molecular complexity index is 326. The number of hydrogen-bond donors (Lipinski definition) is 1. The Morgan fingerprint density at radius 2 is 1.69 bits per heavy atom. The molecule has 1 rings (SSSR count). The summed E-state index contributed by atoms with van der Waals surface area (Å²) in [6.07, 6.45) is 0. The van der Waals surface area contributed by atoms with Gasteiger partial charge in [-0.25, -0.2) is 8.78 Å². The lowest BCUT2D eigenvalue weighted by Crippen LogP contribution is -2.18. The largest absolute Gasteiger partial charge is 0.386 e. The van der Waals surface area contributed by atoms with Crippen molar-refractivity contribution in [3.63, 3.8) is 0 Å².